The number of nitrogens with one attached hydrogen (secondary N) is 1. The molecule has 0 spiro atoms. The molecule has 0 bridgehead atoms. The molecule has 1 heterocycles. The molecule has 4 atom stereocenters. The number of hydrogen-bond donors (Lipinski definition) is 1. The van der Waals surface area contributed by atoms with Gasteiger partial charge in [-0.25, -0.2) is 0 Å². The number of hydrogen-bond acceptors (Lipinski definition) is 3. The van der Waals surface area contributed by atoms with Crippen molar-refractivity contribution >= 4 is 10.8 Å². The van der Waals surface area contributed by atoms with Gasteiger partial charge in [0.1, 0.15) is 0 Å². The lowest BCUT2D eigenvalue weighted by Gasteiger charge is -2.33. The first-order chi connectivity index (χ1) is 9.89. The van der Waals surface area contributed by atoms with Crippen LogP contribution in [0, 0.1) is 0 Å². The minimum atomic E-state index is -4.12. The molecule has 2 fully saturated rings. The number of rotatable bonds is 5. The molecule has 1 saturated carbocycles. The van der Waals surface area contributed by atoms with Crippen molar-refractivity contribution < 1.29 is 17.4 Å². The summed E-state index contributed by atoms with van der Waals surface area (Å²) in [5.74, 6) is 0.660. The normalized spacial score (nSPS) is 33.2. The second-order valence-electron chi connectivity index (χ2n) is 6.10. The molecule has 2 rings (SSSR count). The van der Waals surface area contributed by atoms with Crippen molar-refractivity contribution in [2.75, 3.05) is 25.4 Å². The highest BCUT2D eigenvalue weighted by Crippen LogP contribution is 2.25. The quantitative estimate of drug-likeness (QED) is 0.841. The van der Waals surface area contributed by atoms with Crippen LogP contribution in [0.2, 0.25) is 0 Å². The van der Waals surface area contributed by atoms with Crippen LogP contribution >= 0.6 is 0 Å². The van der Waals surface area contributed by atoms with E-state index in [2.05, 4.69) is 5.32 Å². The Bertz CT molecular complexity index is 365. The summed E-state index contributed by atoms with van der Waals surface area (Å²) in [7, 11) is -0.824. The lowest BCUT2D eigenvalue weighted by atomic mass is 9.94. The van der Waals surface area contributed by atoms with E-state index >= 15 is 0 Å². The zero-order chi connectivity index (χ0) is 15.5. The summed E-state index contributed by atoms with van der Waals surface area (Å²) in [6, 6.07) is 0.308. The molecular formula is C14H25F3N2OS. The highest BCUT2D eigenvalue weighted by atomic mass is 32.2. The standard InChI is InChI=1S/C14H25F3N2OS/c1-2-21(20)13-6-4-3-5-12(13)18-11-7-8-19(9-11)10-14(15,16)17/h11-13,18H,2-10H2,1H3/t11-,12-,13-,21+/m1/s1. The fourth-order valence-corrected chi connectivity index (χ4v) is 4.92. The molecule has 0 unspecified atom stereocenters. The zero-order valence-corrected chi connectivity index (χ0v) is 13.3. The van der Waals surface area contributed by atoms with Gasteiger partial charge in [-0.15, -0.1) is 0 Å². The predicted octanol–water partition coefficient (Wildman–Crippen LogP) is 2.29. The Balaban J connectivity index is 1.85. The summed E-state index contributed by atoms with van der Waals surface area (Å²) in [6.45, 7) is 2.05. The molecular weight excluding hydrogens is 301 g/mol. The van der Waals surface area contributed by atoms with Crippen molar-refractivity contribution in [2.45, 2.75) is 62.5 Å². The first-order valence-corrected chi connectivity index (χ1v) is 9.19. The average molecular weight is 326 g/mol. The Labute approximate surface area is 127 Å². The van der Waals surface area contributed by atoms with E-state index in [0.29, 0.717) is 18.8 Å². The van der Waals surface area contributed by atoms with E-state index < -0.39 is 23.5 Å². The van der Waals surface area contributed by atoms with Crippen LogP contribution in [0.1, 0.15) is 39.0 Å². The minimum absolute atomic E-state index is 0.104. The van der Waals surface area contributed by atoms with Crippen LogP contribution in [0.25, 0.3) is 0 Å². The van der Waals surface area contributed by atoms with Gasteiger partial charge in [0.2, 0.25) is 0 Å². The summed E-state index contributed by atoms with van der Waals surface area (Å²) in [5, 5.41) is 3.66. The Kier molecular flexibility index (Phi) is 6.08. The molecule has 0 aromatic rings. The molecule has 1 aliphatic carbocycles. The third kappa shape index (κ3) is 5.21. The molecule has 0 aromatic carbocycles. The summed E-state index contributed by atoms with van der Waals surface area (Å²) in [5.41, 5.74) is 0. The topological polar surface area (TPSA) is 32.3 Å². The SMILES string of the molecule is CC[S@](=O)[C@@H]1CCCC[C@H]1N[C@@H]1CCN(CC(F)(F)F)C1. The highest BCUT2D eigenvalue weighted by Gasteiger charge is 2.36. The van der Waals surface area contributed by atoms with Crippen molar-refractivity contribution in [3.8, 4) is 0 Å². The number of alkyl halides is 3. The summed E-state index contributed by atoms with van der Waals surface area (Å²) in [6.07, 6.45) is 0.820. The van der Waals surface area contributed by atoms with Gasteiger partial charge < -0.3 is 5.32 Å². The maximum absolute atomic E-state index is 12.4. The molecule has 21 heavy (non-hydrogen) atoms. The Hall–Kier alpha value is -0.140. The molecule has 1 saturated heterocycles. The summed E-state index contributed by atoms with van der Waals surface area (Å²) >= 11 is 0. The number of likely N-dealkylation sites (tertiary alicyclic amines) is 1. The van der Waals surface area contributed by atoms with Gasteiger partial charge in [-0.2, -0.15) is 13.2 Å². The summed E-state index contributed by atoms with van der Waals surface area (Å²) < 4.78 is 49.3. The molecule has 1 N–H and O–H groups in total. The maximum atomic E-state index is 12.4. The lowest BCUT2D eigenvalue weighted by Crippen LogP contribution is -2.50. The molecule has 124 valence electrons. The second-order valence-corrected chi connectivity index (χ2v) is 8.05. The van der Waals surface area contributed by atoms with Gasteiger partial charge in [0, 0.05) is 41.7 Å². The molecule has 2 aliphatic rings. The van der Waals surface area contributed by atoms with E-state index in [1.54, 1.807) is 0 Å². The second kappa shape index (κ2) is 7.42. The molecule has 3 nitrogen and oxygen atoms in total. The van der Waals surface area contributed by atoms with Gasteiger partial charge >= 0.3 is 6.18 Å². The van der Waals surface area contributed by atoms with Crippen LogP contribution in [-0.4, -0.2) is 58.0 Å². The molecule has 7 heteroatoms. The maximum Gasteiger partial charge on any atom is 0.401 e. The van der Waals surface area contributed by atoms with Crippen LogP contribution in [0.15, 0.2) is 0 Å². The van der Waals surface area contributed by atoms with Gasteiger partial charge in [-0.3, -0.25) is 9.11 Å². The van der Waals surface area contributed by atoms with Gasteiger partial charge in [0.15, 0.2) is 0 Å². The Morgan fingerprint density at radius 2 is 1.95 bits per heavy atom. The van der Waals surface area contributed by atoms with E-state index in [4.69, 9.17) is 0 Å². The van der Waals surface area contributed by atoms with Gasteiger partial charge in [-0.05, 0) is 19.3 Å². The fourth-order valence-electron chi connectivity index (χ4n) is 3.48. The van der Waals surface area contributed by atoms with Gasteiger partial charge in [0.05, 0.1) is 11.8 Å². The Morgan fingerprint density at radius 3 is 2.62 bits per heavy atom. The van der Waals surface area contributed by atoms with E-state index in [1.807, 2.05) is 6.92 Å². The molecule has 0 aromatic heterocycles. The predicted molar refractivity (Wildman–Crippen MR) is 78.8 cm³/mol. The van der Waals surface area contributed by atoms with Crippen LogP contribution in [0.4, 0.5) is 13.2 Å². The van der Waals surface area contributed by atoms with Crippen molar-refractivity contribution in [3.63, 3.8) is 0 Å². The van der Waals surface area contributed by atoms with Crippen LogP contribution < -0.4 is 5.32 Å². The summed E-state index contributed by atoms with van der Waals surface area (Å²) in [4.78, 5) is 1.46. The third-order valence-electron chi connectivity index (χ3n) is 4.45. The monoisotopic (exact) mass is 326 g/mol. The van der Waals surface area contributed by atoms with Crippen molar-refractivity contribution in [1.82, 2.24) is 10.2 Å². The number of halogens is 3. The fraction of sp³-hybridized carbons (Fsp3) is 1.00. The van der Waals surface area contributed by atoms with Crippen molar-refractivity contribution in [2.24, 2.45) is 0 Å². The zero-order valence-electron chi connectivity index (χ0n) is 12.5. The Morgan fingerprint density at radius 1 is 1.24 bits per heavy atom. The lowest BCUT2D eigenvalue weighted by molar-refractivity contribution is -0.143. The van der Waals surface area contributed by atoms with Gasteiger partial charge in [0.25, 0.3) is 0 Å². The van der Waals surface area contributed by atoms with Crippen LogP contribution in [0.3, 0.4) is 0 Å². The average Bonchev–Trinajstić information content (AvgIpc) is 2.83. The van der Waals surface area contributed by atoms with Crippen LogP contribution in [0.5, 0.6) is 0 Å². The van der Waals surface area contributed by atoms with Gasteiger partial charge in [-0.1, -0.05) is 19.8 Å². The first-order valence-electron chi connectivity index (χ1n) is 7.81. The van der Waals surface area contributed by atoms with Crippen molar-refractivity contribution in [1.29, 1.82) is 0 Å². The van der Waals surface area contributed by atoms with Crippen LogP contribution in [-0.2, 0) is 10.8 Å². The largest absolute Gasteiger partial charge is 0.401 e. The number of nitrogens with zero attached hydrogens (tertiary/aromatic N) is 1. The van der Waals surface area contributed by atoms with E-state index in [9.17, 15) is 17.4 Å². The smallest absolute Gasteiger partial charge is 0.309 e. The van der Waals surface area contributed by atoms with E-state index in [-0.39, 0.29) is 17.3 Å². The molecule has 1 aliphatic heterocycles. The molecule has 0 radical (unpaired) electrons. The van der Waals surface area contributed by atoms with Crippen molar-refractivity contribution in [3.05, 3.63) is 0 Å². The van der Waals surface area contributed by atoms with E-state index in [1.165, 1.54) is 4.90 Å². The highest BCUT2D eigenvalue weighted by molar-refractivity contribution is 7.85. The first kappa shape index (κ1) is 17.2. The minimum Gasteiger partial charge on any atom is -0.309 e. The molecule has 0 amide bonds. The third-order valence-corrected chi connectivity index (χ3v) is 6.26. The van der Waals surface area contributed by atoms with E-state index in [0.717, 1.165) is 32.1 Å².